The summed E-state index contributed by atoms with van der Waals surface area (Å²) in [6, 6.07) is 0. The maximum Gasteiger partial charge on any atom is -0.147 e. The Balaban J connectivity index is -0.000000182. The molecule has 0 saturated carbocycles. The van der Waals surface area contributed by atoms with E-state index in [-0.39, 0.29) is 24.8 Å². The average molecular weight is 321 g/mol. The van der Waals surface area contributed by atoms with E-state index in [1.54, 1.807) is 0 Å². The van der Waals surface area contributed by atoms with E-state index in [1.165, 1.54) is 15.0 Å². The molecular weight excluding hydrogens is 299 g/mol. The van der Waals surface area contributed by atoms with Crippen molar-refractivity contribution >= 4 is 28.6 Å². The van der Waals surface area contributed by atoms with E-state index in [0.717, 1.165) is 12.8 Å². The fraction of sp³-hybridized carbons (Fsp3) is 0.400. The summed E-state index contributed by atoms with van der Waals surface area (Å²) in [7, 11) is 0. The molecule has 0 N–H and O–H groups in total. The molecule has 0 aromatic rings. The van der Waals surface area contributed by atoms with Gasteiger partial charge in [-0.1, -0.05) is 13.8 Å². The molecule has 0 unspecified atom stereocenters. The van der Waals surface area contributed by atoms with Gasteiger partial charge < -0.3 is 0 Å². The van der Waals surface area contributed by atoms with Crippen molar-refractivity contribution in [2.24, 2.45) is 0 Å². The first-order valence-electron chi connectivity index (χ1n) is 5.52. The van der Waals surface area contributed by atoms with E-state index in [1.807, 2.05) is 0 Å². The molecule has 0 aliphatic heterocycles. The van der Waals surface area contributed by atoms with Gasteiger partial charge in [-0.2, -0.15) is 12.2 Å². The molecule has 0 saturated heterocycles. The van der Waals surface area contributed by atoms with E-state index in [9.17, 15) is 0 Å². The Morgan fingerprint density at radius 1 is 0.944 bits per heavy atom. The molecule has 2 aliphatic rings. The minimum Gasteiger partial charge on any atom is -0.147 e. The first-order chi connectivity index (χ1) is 7.52. The van der Waals surface area contributed by atoms with Crippen LogP contribution in [0.25, 0.3) is 0 Å². The summed E-state index contributed by atoms with van der Waals surface area (Å²) in [6.07, 6.45) is 16.7. The smallest absolute Gasteiger partial charge is 0.147 e. The zero-order chi connectivity index (χ0) is 12.4. The van der Waals surface area contributed by atoms with Crippen molar-refractivity contribution < 1.29 is 20.0 Å². The third-order valence-corrected chi connectivity index (χ3v) is 1.73. The van der Waals surface area contributed by atoms with E-state index < -0.39 is 0 Å². The molecule has 0 spiro atoms. The van der Waals surface area contributed by atoms with Gasteiger partial charge in [0.2, 0.25) is 0 Å². The third kappa shape index (κ3) is 18.5. The fourth-order valence-electron chi connectivity index (χ4n) is 1.03. The second-order valence-electron chi connectivity index (χ2n) is 3.93. The van der Waals surface area contributed by atoms with E-state index >= 15 is 0 Å². The number of hydrogen-bond donors (Lipinski definition) is 0. The average Bonchev–Trinajstić information content (AvgIpc) is 2.78. The van der Waals surface area contributed by atoms with Gasteiger partial charge in [-0.05, 0) is 0 Å². The van der Waals surface area contributed by atoms with Gasteiger partial charge in [-0.25, -0.2) is 23.3 Å². The Labute approximate surface area is 136 Å². The standard InChI is InChI=1S/2C6H7.C3H6.2ClH.Ti/c2*1-6-4-2-3-5-6;1-3-2;;;/h2*2,4H,3H2,1H3;1-2H3;2*1H;/q2*-1;;;;+2. The molecule has 3 heteroatoms. The Bertz CT molecular complexity index is 299. The fourth-order valence-corrected chi connectivity index (χ4v) is 1.03. The molecule has 0 amide bonds. The topological polar surface area (TPSA) is 0 Å². The van der Waals surface area contributed by atoms with Gasteiger partial charge in [-0.3, -0.25) is 12.2 Å². The van der Waals surface area contributed by atoms with Gasteiger partial charge >= 0.3 is 37.6 Å². The van der Waals surface area contributed by atoms with Crippen LogP contribution in [0, 0.1) is 12.2 Å². The predicted octanol–water partition coefficient (Wildman–Crippen LogP) is 4.98. The molecule has 0 bridgehead atoms. The van der Waals surface area contributed by atoms with Crippen LogP contribution >= 0.6 is 24.8 Å². The molecule has 100 valence electrons. The summed E-state index contributed by atoms with van der Waals surface area (Å²) in [5.74, 6) is 0. The van der Waals surface area contributed by atoms with Crippen molar-refractivity contribution in [3.8, 4) is 0 Å². The second kappa shape index (κ2) is 15.2. The van der Waals surface area contributed by atoms with Crippen LogP contribution < -0.4 is 0 Å². The van der Waals surface area contributed by atoms with Crippen LogP contribution in [0.3, 0.4) is 0 Å². The summed E-state index contributed by atoms with van der Waals surface area (Å²) < 4.78 is 1.42. The Morgan fingerprint density at radius 2 is 1.22 bits per heavy atom. The quantitative estimate of drug-likeness (QED) is 0.436. The Morgan fingerprint density at radius 3 is 1.28 bits per heavy atom. The third-order valence-electron chi connectivity index (χ3n) is 1.73. The monoisotopic (exact) mass is 320 g/mol. The number of halogens is 2. The molecule has 2 aliphatic carbocycles. The molecule has 0 aromatic heterocycles. The van der Waals surface area contributed by atoms with Crippen LogP contribution in [-0.2, 0) is 20.0 Å². The van der Waals surface area contributed by atoms with Crippen molar-refractivity contribution in [2.75, 3.05) is 0 Å². The van der Waals surface area contributed by atoms with E-state index in [2.05, 4.69) is 84.1 Å². The van der Waals surface area contributed by atoms with E-state index in [0.29, 0.717) is 0 Å². The first-order valence-corrected chi connectivity index (χ1v) is 6.30. The first kappa shape index (κ1) is 23.2. The Hall–Kier alpha value is 0.124. The zero-order valence-electron chi connectivity index (χ0n) is 11.5. The predicted molar refractivity (Wildman–Crippen MR) is 83.2 cm³/mol. The minimum atomic E-state index is 0. The molecule has 0 fully saturated rings. The van der Waals surface area contributed by atoms with E-state index in [4.69, 9.17) is 0 Å². The van der Waals surface area contributed by atoms with Crippen LogP contribution in [-0.4, -0.2) is 3.81 Å². The van der Waals surface area contributed by atoms with Crippen molar-refractivity contribution in [3.63, 3.8) is 0 Å². The zero-order valence-corrected chi connectivity index (χ0v) is 14.7. The largest absolute Gasteiger partial charge is 0.147 e. The van der Waals surface area contributed by atoms with Crippen LogP contribution in [0.1, 0.15) is 40.5 Å². The van der Waals surface area contributed by atoms with Crippen molar-refractivity contribution in [1.82, 2.24) is 0 Å². The SMILES string of the molecule is CC1=[C-]CC=C1.CC1=[C-]CC=C1.C[C](C)=[Ti+2].Cl.Cl. The molecule has 2 rings (SSSR count). The molecule has 0 radical (unpaired) electrons. The summed E-state index contributed by atoms with van der Waals surface area (Å²) in [6.45, 7) is 8.28. The van der Waals surface area contributed by atoms with Crippen molar-refractivity contribution in [2.45, 2.75) is 40.5 Å². The number of rotatable bonds is 0. The Kier molecular flexibility index (Phi) is 19.6. The van der Waals surface area contributed by atoms with Gasteiger partial charge in [-0.15, -0.1) is 37.7 Å². The molecule has 0 heterocycles. The molecule has 18 heavy (non-hydrogen) atoms. The van der Waals surface area contributed by atoms with Crippen molar-refractivity contribution in [3.05, 3.63) is 47.6 Å². The van der Waals surface area contributed by atoms with Crippen LogP contribution in [0.2, 0.25) is 0 Å². The second-order valence-corrected chi connectivity index (χ2v) is 5.49. The van der Waals surface area contributed by atoms with Crippen molar-refractivity contribution in [1.29, 1.82) is 0 Å². The van der Waals surface area contributed by atoms with Gasteiger partial charge in [0.1, 0.15) is 0 Å². The number of hydrogen-bond acceptors (Lipinski definition) is 0. The van der Waals surface area contributed by atoms with Crippen LogP contribution in [0.15, 0.2) is 35.5 Å². The summed E-state index contributed by atoms with van der Waals surface area (Å²) in [5.41, 5.74) is 2.55. The summed E-state index contributed by atoms with van der Waals surface area (Å²) in [4.78, 5) is 0. The number of allylic oxidation sites excluding steroid dienone is 8. The minimum absolute atomic E-state index is 0. The molecule has 0 aromatic carbocycles. The summed E-state index contributed by atoms with van der Waals surface area (Å²) >= 11 is 2.08. The maximum absolute atomic E-state index is 3.12. The van der Waals surface area contributed by atoms with Gasteiger partial charge in [0, 0.05) is 0 Å². The van der Waals surface area contributed by atoms with Crippen LogP contribution in [0.4, 0.5) is 0 Å². The van der Waals surface area contributed by atoms with Gasteiger partial charge in [0.15, 0.2) is 0 Å². The molecular formula is C15H22Cl2Ti. The molecule has 0 nitrogen and oxygen atoms in total. The normalized spacial score (nSPS) is 13.9. The summed E-state index contributed by atoms with van der Waals surface area (Å²) in [5, 5.41) is 0. The maximum atomic E-state index is 3.12. The van der Waals surface area contributed by atoms with Gasteiger partial charge in [0.05, 0.1) is 0 Å². The van der Waals surface area contributed by atoms with Crippen LogP contribution in [0.5, 0.6) is 0 Å². The van der Waals surface area contributed by atoms with Gasteiger partial charge in [0.25, 0.3) is 0 Å². The molecule has 0 atom stereocenters.